The van der Waals surface area contributed by atoms with E-state index in [0.29, 0.717) is 17.7 Å². The molecular formula is C15H25NO2. The monoisotopic (exact) mass is 251 g/mol. The van der Waals surface area contributed by atoms with Crippen LogP contribution >= 0.6 is 0 Å². The van der Waals surface area contributed by atoms with Gasteiger partial charge in [0, 0.05) is 12.0 Å². The van der Waals surface area contributed by atoms with E-state index in [4.69, 9.17) is 10.2 Å². The molecular weight excluding hydrogens is 226 g/mol. The molecule has 1 saturated carbocycles. The number of aliphatic hydroxyl groups excluding tert-OH is 1. The van der Waals surface area contributed by atoms with Crippen molar-refractivity contribution < 1.29 is 9.52 Å². The summed E-state index contributed by atoms with van der Waals surface area (Å²) in [5, 5.41) is 10.6. The van der Waals surface area contributed by atoms with Crippen LogP contribution in [0.4, 0.5) is 0 Å². The summed E-state index contributed by atoms with van der Waals surface area (Å²) in [6, 6.07) is 3.77. The molecule has 18 heavy (non-hydrogen) atoms. The summed E-state index contributed by atoms with van der Waals surface area (Å²) >= 11 is 0. The molecule has 0 spiro atoms. The smallest absolute Gasteiger partial charge is 0.133 e. The van der Waals surface area contributed by atoms with E-state index in [1.165, 1.54) is 0 Å². The lowest BCUT2D eigenvalue weighted by Crippen LogP contribution is -2.41. The molecule has 1 aromatic heterocycles. The van der Waals surface area contributed by atoms with Crippen molar-refractivity contribution in [1.29, 1.82) is 0 Å². The van der Waals surface area contributed by atoms with E-state index >= 15 is 0 Å². The standard InChI is InChI=1S/C15H25NO2/c1-11-4-5-12(18-11)13(17)15(10-16)8-6-14(2,3)7-9-15/h4-5,13,17H,6-10,16H2,1-3H3. The van der Waals surface area contributed by atoms with Gasteiger partial charge in [-0.1, -0.05) is 13.8 Å². The SMILES string of the molecule is Cc1ccc(C(O)C2(CN)CCC(C)(C)CC2)o1. The van der Waals surface area contributed by atoms with E-state index in [0.717, 1.165) is 31.4 Å². The molecule has 0 aromatic carbocycles. The van der Waals surface area contributed by atoms with Gasteiger partial charge in [-0.25, -0.2) is 0 Å². The first-order valence-electron chi connectivity index (χ1n) is 6.83. The number of hydrogen-bond acceptors (Lipinski definition) is 3. The van der Waals surface area contributed by atoms with Gasteiger partial charge in [0.05, 0.1) is 0 Å². The van der Waals surface area contributed by atoms with Gasteiger partial charge in [-0.2, -0.15) is 0 Å². The molecule has 1 heterocycles. The molecule has 0 amide bonds. The number of aliphatic hydroxyl groups is 1. The third-order valence-electron chi connectivity index (χ3n) is 4.62. The highest BCUT2D eigenvalue weighted by Crippen LogP contribution is 2.50. The maximum Gasteiger partial charge on any atom is 0.133 e. The Kier molecular flexibility index (Phi) is 3.56. The summed E-state index contributed by atoms with van der Waals surface area (Å²) in [6.45, 7) is 6.99. The molecule has 2 rings (SSSR count). The minimum absolute atomic E-state index is 0.209. The Hall–Kier alpha value is -0.800. The van der Waals surface area contributed by atoms with E-state index in [1.54, 1.807) is 0 Å². The topological polar surface area (TPSA) is 59.4 Å². The fourth-order valence-electron chi connectivity index (χ4n) is 2.92. The van der Waals surface area contributed by atoms with Crippen LogP contribution in [0.1, 0.15) is 57.2 Å². The number of rotatable bonds is 3. The Morgan fingerprint density at radius 3 is 2.33 bits per heavy atom. The first-order chi connectivity index (χ1) is 8.38. The Labute approximate surface area is 109 Å². The van der Waals surface area contributed by atoms with Crippen LogP contribution in [0.25, 0.3) is 0 Å². The highest BCUT2D eigenvalue weighted by molar-refractivity contribution is 5.12. The number of nitrogens with two attached hydrogens (primary N) is 1. The van der Waals surface area contributed by atoms with Gasteiger partial charge in [-0.15, -0.1) is 0 Å². The second-order valence-corrected chi connectivity index (χ2v) is 6.58. The predicted molar refractivity (Wildman–Crippen MR) is 72.1 cm³/mol. The summed E-state index contributed by atoms with van der Waals surface area (Å²) in [6.07, 6.45) is 3.59. The average molecular weight is 251 g/mol. The van der Waals surface area contributed by atoms with E-state index in [1.807, 2.05) is 19.1 Å². The zero-order valence-electron chi connectivity index (χ0n) is 11.7. The van der Waals surface area contributed by atoms with Gasteiger partial charge < -0.3 is 15.3 Å². The lowest BCUT2D eigenvalue weighted by atomic mass is 9.62. The lowest BCUT2D eigenvalue weighted by Gasteiger charge is -2.45. The molecule has 3 heteroatoms. The third kappa shape index (κ3) is 2.47. The van der Waals surface area contributed by atoms with Crippen LogP contribution < -0.4 is 5.73 Å². The Bertz CT molecular complexity index is 398. The quantitative estimate of drug-likeness (QED) is 0.867. The van der Waals surface area contributed by atoms with Crippen molar-refractivity contribution in [3.63, 3.8) is 0 Å². The molecule has 3 N–H and O–H groups in total. The van der Waals surface area contributed by atoms with E-state index in [9.17, 15) is 5.11 Å². The van der Waals surface area contributed by atoms with Crippen molar-refractivity contribution in [2.45, 2.75) is 52.6 Å². The van der Waals surface area contributed by atoms with Gasteiger partial charge in [-0.05, 0) is 50.2 Å². The summed E-state index contributed by atoms with van der Waals surface area (Å²) in [7, 11) is 0. The third-order valence-corrected chi connectivity index (χ3v) is 4.62. The van der Waals surface area contributed by atoms with Crippen LogP contribution in [-0.2, 0) is 0 Å². The van der Waals surface area contributed by atoms with Crippen molar-refractivity contribution in [2.24, 2.45) is 16.6 Å². The Morgan fingerprint density at radius 2 is 1.89 bits per heavy atom. The van der Waals surface area contributed by atoms with Crippen molar-refractivity contribution in [1.82, 2.24) is 0 Å². The minimum Gasteiger partial charge on any atom is -0.464 e. The lowest BCUT2D eigenvalue weighted by molar-refractivity contribution is -0.0350. The molecule has 0 saturated heterocycles. The van der Waals surface area contributed by atoms with Crippen molar-refractivity contribution in [2.75, 3.05) is 6.54 Å². The maximum atomic E-state index is 10.6. The van der Waals surface area contributed by atoms with Crippen LogP contribution in [0.2, 0.25) is 0 Å². The average Bonchev–Trinajstić information content (AvgIpc) is 2.76. The highest BCUT2D eigenvalue weighted by Gasteiger charge is 2.44. The molecule has 102 valence electrons. The van der Waals surface area contributed by atoms with Crippen molar-refractivity contribution >= 4 is 0 Å². The number of furan rings is 1. The Balaban J connectivity index is 2.18. The second kappa shape index (κ2) is 4.71. The van der Waals surface area contributed by atoms with Crippen molar-refractivity contribution in [3.8, 4) is 0 Å². The van der Waals surface area contributed by atoms with Gasteiger partial charge in [0.1, 0.15) is 17.6 Å². The van der Waals surface area contributed by atoms with Gasteiger partial charge in [0.25, 0.3) is 0 Å². The van der Waals surface area contributed by atoms with Crippen molar-refractivity contribution in [3.05, 3.63) is 23.7 Å². The molecule has 1 aliphatic carbocycles. The molecule has 3 nitrogen and oxygen atoms in total. The second-order valence-electron chi connectivity index (χ2n) is 6.58. The fraction of sp³-hybridized carbons (Fsp3) is 0.733. The zero-order valence-corrected chi connectivity index (χ0v) is 11.7. The molecule has 1 aromatic rings. The number of aryl methyl sites for hydroxylation is 1. The summed E-state index contributed by atoms with van der Waals surface area (Å²) < 4.78 is 5.57. The van der Waals surface area contributed by atoms with Crippen LogP contribution in [-0.4, -0.2) is 11.7 Å². The van der Waals surface area contributed by atoms with Gasteiger partial charge >= 0.3 is 0 Å². The summed E-state index contributed by atoms with van der Waals surface area (Å²) in [5.41, 5.74) is 6.13. The molecule has 0 radical (unpaired) electrons. The van der Waals surface area contributed by atoms with Crippen LogP contribution in [0.5, 0.6) is 0 Å². The minimum atomic E-state index is -0.577. The summed E-state index contributed by atoms with van der Waals surface area (Å²) in [5.74, 6) is 1.50. The van der Waals surface area contributed by atoms with Gasteiger partial charge in [0.2, 0.25) is 0 Å². The van der Waals surface area contributed by atoms with E-state index < -0.39 is 6.10 Å². The normalized spacial score (nSPS) is 23.8. The van der Waals surface area contributed by atoms with E-state index in [-0.39, 0.29) is 5.41 Å². The van der Waals surface area contributed by atoms with Crippen LogP contribution in [0, 0.1) is 17.8 Å². The Morgan fingerprint density at radius 1 is 1.28 bits per heavy atom. The molecule has 1 aliphatic rings. The predicted octanol–water partition coefficient (Wildman–Crippen LogP) is 3.17. The number of hydrogen-bond donors (Lipinski definition) is 2. The van der Waals surface area contributed by atoms with E-state index in [2.05, 4.69) is 13.8 Å². The zero-order chi connectivity index (χ0) is 13.4. The molecule has 0 bridgehead atoms. The first-order valence-corrected chi connectivity index (χ1v) is 6.83. The fourth-order valence-corrected chi connectivity index (χ4v) is 2.92. The highest BCUT2D eigenvalue weighted by atomic mass is 16.4. The van der Waals surface area contributed by atoms with Crippen LogP contribution in [0.3, 0.4) is 0 Å². The maximum absolute atomic E-state index is 10.6. The molecule has 1 fully saturated rings. The molecule has 0 aliphatic heterocycles. The molecule has 1 unspecified atom stereocenters. The largest absolute Gasteiger partial charge is 0.464 e. The molecule has 1 atom stereocenters. The van der Waals surface area contributed by atoms with Gasteiger partial charge in [-0.3, -0.25) is 0 Å². The first kappa shape index (κ1) is 13.6. The summed E-state index contributed by atoms with van der Waals surface area (Å²) in [4.78, 5) is 0. The van der Waals surface area contributed by atoms with Gasteiger partial charge in [0.15, 0.2) is 0 Å². The van der Waals surface area contributed by atoms with Crippen LogP contribution in [0.15, 0.2) is 16.5 Å².